The summed E-state index contributed by atoms with van der Waals surface area (Å²) in [6.07, 6.45) is 26.4. The molecule has 9 heteroatoms. The van der Waals surface area contributed by atoms with Crippen molar-refractivity contribution >= 4 is 39.9 Å². The van der Waals surface area contributed by atoms with Gasteiger partial charge in [-0.15, -0.1) is 5.10 Å². The highest BCUT2D eigenvalue weighted by Crippen LogP contribution is 2.61. The lowest BCUT2D eigenvalue weighted by atomic mass is 10.0. The molecule has 1 heterocycles. The van der Waals surface area contributed by atoms with Crippen LogP contribution in [0.2, 0.25) is 0 Å². The van der Waals surface area contributed by atoms with E-state index in [4.69, 9.17) is 20.9 Å². The second kappa shape index (κ2) is 25.7. The van der Waals surface area contributed by atoms with Crippen molar-refractivity contribution in [1.29, 1.82) is 0 Å². The number of benzene rings is 1. The number of nitrogens with zero attached hydrogens (tertiary/aromatic N) is 4. The highest BCUT2D eigenvalue weighted by Gasteiger charge is 2.22. The predicted octanol–water partition coefficient (Wildman–Crippen LogP) is 11.5. The molecule has 248 valence electrons. The first-order chi connectivity index (χ1) is 21.1. The second-order valence-corrected chi connectivity index (χ2v) is 18.3. The van der Waals surface area contributed by atoms with Crippen LogP contribution in [0.3, 0.4) is 0 Å². The van der Waals surface area contributed by atoms with Gasteiger partial charge in [0.25, 0.3) is 0 Å². The van der Waals surface area contributed by atoms with Gasteiger partial charge in [0, 0.05) is 6.54 Å². The summed E-state index contributed by atoms with van der Waals surface area (Å²) >= 11 is 7.69. The smallest absolute Gasteiger partial charge is 0.248 e. The molecule has 0 amide bonds. The van der Waals surface area contributed by atoms with E-state index in [0.717, 1.165) is 49.1 Å². The lowest BCUT2D eigenvalue weighted by Crippen LogP contribution is -2.28. The minimum atomic E-state index is -2.38. The van der Waals surface area contributed by atoms with Crippen LogP contribution in [-0.4, -0.2) is 45.5 Å². The fourth-order valence-corrected chi connectivity index (χ4v) is 9.30. The van der Waals surface area contributed by atoms with E-state index in [1.54, 1.807) is 11.4 Å². The summed E-state index contributed by atoms with van der Waals surface area (Å²) in [6, 6.07) is 8.19. The van der Waals surface area contributed by atoms with Crippen LogP contribution in [0.25, 0.3) is 11.0 Å². The molecule has 2 aromatic rings. The van der Waals surface area contributed by atoms with Crippen LogP contribution >= 0.6 is 17.1 Å². The number of para-hydroxylation sites is 1. The van der Waals surface area contributed by atoms with E-state index >= 15 is 0 Å². The second-order valence-electron chi connectivity index (χ2n) is 12.0. The Morgan fingerprint density at radius 1 is 0.698 bits per heavy atom. The van der Waals surface area contributed by atoms with E-state index in [1.165, 1.54) is 103 Å². The molecule has 0 radical (unpaired) electrons. The Bertz CT molecular complexity index is 963. The highest BCUT2D eigenvalue weighted by molar-refractivity contribution is 8.67. The standard InChI is InChI=1S/C34H63N4O2PS2/c1-4-7-10-11-12-13-14-15-16-17-18-19-20-21-22-25-28-37(31-38-34-27-24-23-26-33(34)35-36-38)32-43-41(42,39-29-8-5-2)40-30-9-6-3/h23-24,26-27H,4-22,25,28-32H2,1-3H3. The number of fused-ring (bicyclic) bond motifs is 1. The summed E-state index contributed by atoms with van der Waals surface area (Å²) in [5.74, 6) is 0.780. The quantitative estimate of drug-likeness (QED) is 0.0472. The highest BCUT2D eigenvalue weighted by atomic mass is 32.9. The van der Waals surface area contributed by atoms with Crippen molar-refractivity contribution in [3.63, 3.8) is 0 Å². The predicted molar refractivity (Wildman–Crippen MR) is 192 cm³/mol. The van der Waals surface area contributed by atoms with E-state index in [-0.39, 0.29) is 0 Å². The van der Waals surface area contributed by atoms with Crippen molar-refractivity contribution in [2.45, 2.75) is 156 Å². The Balaban J connectivity index is 1.72. The maximum Gasteiger partial charge on any atom is 0.248 e. The van der Waals surface area contributed by atoms with Crippen molar-refractivity contribution in [2.75, 3.05) is 25.6 Å². The zero-order valence-corrected chi connectivity index (χ0v) is 30.4. The van der Waals surface area contributed by atoms with Gasteiger partial charge in [0.1, 0.15) is 5.52 Å². The zero-order chi connectivity index (χ0) is 30.9. The van der Waals surface area contributed by atoms with Gasteiger partial charge in [-0.1, -0.05) is 159 Å². The molecule has 0 unspecified atom stereocenters. The molecular weight excluding hydrogens is 592 g/mol. The van der Waals surface area contributed by atoms with Crippen molar-refractivity contribution < 1.29 is 9.05 Å². The van der Waals surface area contributed by atoms with Crippen LogP contribution in [0.15, 0.2) is 24.3 Å². The summed E-state index contributed by atoms with van der Waals surface area (Å²) in [6.45, 7) is 9.73. The van der Waals surface area contributed by atoms with Crippen LogP contribution in [0, 0.1) is 0 Å². The first-order valence-electron chi connectivity index (χ1n) is 17.7. The summed E-state index contributed by atoms with van der Waals surface area (Å²) in [5.41, 5.74) is -0.374. The molecule has 0 bridgehead atoms. The van der Waals surface area contributed by atoms with E-state index in [0.29, 0.717) is 19.9 Å². The molecule has 0 aliphatic heterocycles. The molecule has 0 saturated heterocycles. The zero-order valence-electron chi connectivity index (χ0n) is 27.9. The van der Waals surface area contributed by atoms with Crippen LogP contribution in [0.5, 0.6) is 0 Å². The average Bonchev–Trinajstić information content (AvgIpc) is 3.42. The van der Waals surface area contributed by atoms with Crippen molar-refractivity contribution in [3.8, 4) is 0 Å². The summed E-state index contributed by atoms with van der Waals surface area (Å²) in [5, 5.41) is 8.84. The van der Waals surface area contributed by atoms with Crippen LogP contribution in [0.1, 0.15) is 149 Å². The minimum Gasteiger partial charge on any atom is -0.322 e. The average molecular weight is 655 g/mol. The molecule has 43 heavy (non-hydrogen) atoms. The normalized spacial score (nSPS) is 12.2. The SMILES string of the molecule is CCCCCCCCCCCCCCCCCCN(CSP(=S)(OCCCC)OCCCC)Cn1nnc2ccccc21. The van der Waals surface area contributed by atoms with Gasteiger partial charge in [-0.05, 0) is 43.2 Å². The van der Waals surface area contributed by atoms with Gasteiger partial charge < -0.3 is 9.05 Å². The first kappa shape index (κ1) is 38.7. The Morgan fingerprint density at radius 3 is 1.72 bits per heavy atom. The lowest BCUT2D eigenvalue weighted by Gasteiger charge is -2.26. The van der Waals surface area contributed by atoms with Crippen molar-refractivity contribution in [2.24, 2.45) is 0 Å². The summed E-state index contributed by atoms with van der Waals surface area (Å²) < 4.78 is 14.4. The topological polar surface area (TPSA) is 52.4 Å². The van der Waals surface area contributed by atoms with Gasteiger partial charge >= 0.3 is 0 Å². The Labute approximate surface area is 273 Å². The van der Waals surface area contributed by atoms with Gasteiger partial charge in [0.05, 0.1) is 31.3 Å². The fraction of sp³-hybridized carbons (Fsp3) is 0.824. The maximum atomic E-state index is 6.21. The molecule has 1 aromatic carbocycles. The van der Waals surface area contributed by atoms with E-state index in [9.17, 15) is 0 Å². The number of unbranched alkanes of at least 4 members (excludes halogenated alkanes) is 17. The third kappa shape index (κ3) is 18.3. The van der Waals surface area contributed by atoms with Crippen LogP contribution < -0.4 is 0 Å². The van der Waals surface area contributed by atoms with Gasteiger partial charge in [0.2, 0.25) is 5.69 Å². The number of hydrogen-bond donors (Lipinski definition) is 0. The maximum absolute atomic E-state index is 6.21. The number of aromatic nitrogens is 3. The molecule has 0 saturated carbocycles. The Kier molecular flexibility index (Phi) is 23.1. The van der Waals surface area contributed by atoms with Gasteiger partial charge in [-0.2, -0.15) is 0 Å². The number of rotatable bonds is 30. The molecule has 6 nitrogen and oxygen atoms in total. The van der Waals surface area contributed by atoms with E-state index < -0.39 is 5.69 Å². The molecule has 0 fully saturated rings. The summed E-state index contributed by atoms with van der Waals surface area (Å²) in [4.78, 5) is 2.45. The summed E-state index contributed by atoms with van der Waals surface area (Å²) in [7, 11) is 0. The van der Waals surface area contributed by atoms with E-state index in [1.807, 2.05) is 16.8 Å². The third-order valence-electron chi connectivity index (χ3n) is 7.98. The van der Waals surface area contributed by atoms with Crippen LogP contribution in [-0.2, 0) is 27.5 Å². The molecule has 0 aliphatic rings. The molecule has 0 atom stereocenters. The molecule has 0 N–H and O–H groups in total. The monoisotopic (exact) mass is 654 g/mol. The number of hydrogen-bond acceptors (Lipinski definition) is 7. The fourth-order valence-electron chi connectivity index (χ4n) is 5.18. The van der Waals surface area contributed by atoms with Crippen LogP contribution in [0.4, 0.5) is 0 Å². The van der Waals surface area contributed by atoms with Gasteiger partial charge in [-0.25, -0.2) is 4.68 Å². The Morgan fingerprint density at radius 2 is 1.19 bits per heavy atom. The third-order valence-corrected chi connectivity index (χ3v) is 13.3. The molecule has 0 aliphatic carbocycles. The molecular formula is C34H63N4O2PS2. The molecule has 2 rings (SSSR count). The van der Waals surface area contributed by atoms with E-state index in [2.05, 4.69) is 48.1 Å². The Hall–Kier alpha value is -0.500. The minimum absolute atomic E-state index is 0.680. The molecule has 0 spiro atoms. The largest absolute Gasteiger partial charge is 0.322 e. The van der Waals surface area contributed by atoms with Crippen molar-refractivity contribution in [1.82, 2.24) is 19.9 Å². The first-order valence-corrected chi connectivity index (χ1v) is 21.9. The van der Waals surface area contributed by atoms with Crippen molar-refractivity contribution in [3.05, 3.63) is 24.3 Å². The van der Waals surface area contributed by atoms with Gasteiger partial charge in [-0.3, -0.25) is 4.90 Å². The van der Waals surface area contributed by atoms with Gasteiger partial charge in [0.15, 0.2) is 0 Å². The molecule has 1 aromatic heterocycles. The lowest BCUT2D eigenvalue weighted by molar-refractivity contribution is 0.237.